The van der Waals surface area contributed by atoms with Gasteiger partial charge in [0.05, 0.1) is 20.3 Å². The number of hydrogen-bond donors (Lipinski definition) is 1. The zero-order valence-corrected chi connectivity index (χ0v) is 19.1. The zero-order valence-electron chi connectivity index (χ0n) is 19.1. The monoisotopic (exact) mass is 429 g/mol. The van der Waals surface area contributed by atoms with E-state index in [0.29, 0.717) is 6.42 Å². The number of rotatable bonds is 5. The molecule has 3 aromatic carbocycles. The van der Waals surface area contributed by atoms with Crippen molar-refractivity contribution >= 4 is 21.8 Å². The van der Waals surface area contributed by atoms with E-state index in [0.717, 1.165) is 42.9 Å². The van der Waals surface area contributed by atoms with Gasteiger partial charge in [-0.25, -0.2) is 0 Å². The average molecular weight is 430 g/mol. The number of aliphatic hydroxyl groups is 1. The van der Waals surface area contributed by atoms with Crippen molar-refractivity contribution in [2.45, 2.75) is 50.7 Å². The molecular weight excluding hydrogens is 398 g/mol. The van der Waals surface area contributed by atoms with Crippen LogP contribution < -0.4 is 9.47 Å². The van der Waals surface area contributed by atoms with Crippen molar-refractivity contribution in [3.8, 4) is 11.5 Å². The van der Waals surface area contributed by atoms with E-state index < -0.39 is 0 Å². The lowest BCUT2D eigenvalue weighted by molar-refractivity contribution is 0.0968. The number of methoxy groups -OCH3 is 2. The van der Waals surface area contributed by atoms with Crippen molar-refractivity contribution in [3.63, 3.8) is 0 Å². The molecule has 2 unspecified atom stereocenters. The molecule has 0 amide bonds. The molecule has 5 rings (SSSR count). The minimum Gasteiger partial charge on any atom is -0.497 e. The van der Waals surface area contributed by atoms with Gasteiger partial charge in [0.2, 0.25) is 0 Å². The van der Waals surface area contributed by atoms with Crippen LogP contribution in [0, 0.1) is 0 Å². The summed E-state index contributed by atoms with van der Waals surface area (Å²) in [7, 11) is 3.38. The second-order valence-electron chi connectivity index (χ2n) is 8.89. The van der Waals surface area contributed by atoms with Gasteiger partial charge in [-0.15, -0.1) is 0 Å². The lowest BCUT2D eigenvalue weighted by Gasteiger charge is -2.41. The lowest BCUT2D eigenvalue weighted by atomic mass is 9.64. The fourth-order valence-electron chi connectivity index (χ4n) is 5.79. The summed E-state index contributed by atoms with van der Waals surface area (Å²) in [5, 5.41) is 13.4. The van der Waals surface area contributed by atoms with Crippen molar-refractivity contribution in [1.29, 1.82) is 0 Å². The van der Waals surface area contributed by atoms with E-state index in [1.807, 2.05) is 12.1 Å². The number of nitrogens with zero attached hydrogens (tertiary/aromatic N) is 1. The molecule has 2 atom stereocenters. The Bertz CT molecular complexity index is 1270. The summed E-state index contributed by atoms with van der Waals surface area (Å²) in [6, 6.07) is 21.6. The van der Waals surface area contributed by atoms with Gasteiger partial charge in [-0.05, 0) is 56.4 Å². The SMILES string of the molecule is CCn1c2ccccc2c2ccc(C3(c4ccc(OC)cc4OC)CCCC(O)C3)cc21. The normalized spacial score (nSPS) is 21.2. The van der Waals surface area contributed by atoms with Crippen molar-refractivity contribution in [3.05, 3.63) is 71.8 Å². The second-order valence-corrected chi connectivity index (χ2v) is 8.89. The van der Waals surface area contributed by atoms with Crippen LogP contribution in [0.2, 0.25) is 0 Å². The van der Waals surface area contributed by atoms with Crippen LogP contribution in [0.1, 0.15) is 43.7 Å². The largest absolute Gasteiger partial charge is 0.497 e. The maximum Gasteiger partial charge on any atom is 0.126 e. The number of benzene rings is 3. The smallest absolute Gasteiger partial charge is 0.126 e. The molecule has 4 nitrogen and oxygen atoms in total. The van der Waals surface area contributed by atoms with Gasteiger partial charge >= 0.3 is 0 Å². The van der Waals surface area contributed by atoms with Crippen LogP contribution >= 0.6 is 0 Å². The van der Waals surface area contributed by atoms with Crippen LogP contribution in [-0.4, -0.2) is 30.0 Å². The first-order chi connectivity index (χ1) is 15.6. The average Bonchev–Trinajstić information content (AvgIpc) is 3.16. The molecule has 1 aromatic heterocycles. The molecule has 1 aliphatic carbocycles. The molecule has 1 saturated carbocycles. The van der Waals surface area contributed by atoms with E-state index in [-0.39, 0.29) is 11.5 Å². The molecule has 166 valence electrons. The Morgan fingerprint density at radius 2 is 1.78 bits per heavy atom. The van der Waals surface area contributed by atoms with Crippen molar-refractivity contribution in [1.82, 2.24) is 4.57 Å². The standard InChI is InChI=1S/C28H31NO3/c1-4-29-25-10-6-5-9-22(25)23-13-11-19(16-26(23)29)28(15-7-8-20(30)18-28)24-14-12-21(31-2)17-27(24)32-3/h5-6,9-14,16-17,20,30H,4,7-8,15,18H2,1-3H3. The van der Waals surface area contributed by atoms with E-state index in [1.165, 1.54) is 27.4 Å². The van der Waals surface area contributed by atoms with Gasteiger partial charge in [-0.3, -0.25) is 0 Å². The molecule has 32 heavy (non-hydrogen) atoms. The van der Waals surface area contributed by atoms with E-state index in [9.17, 15) is 5.11 Å². The van der Waals surface area contributed by atoms with E-state index in [4.69, 9.17) is 9.47 Å². The highest BCUT2D eigenvalue weighted by atomic mass is 16.5. The van der Waals surface area contributed by atoms with Gasteiger partial charge in [0.15, 0.2) is 0 Å². The van der Waals surface area contributed by atoms with Gasteiger partial charge in [-0.1, -0.05) is 36.4 Å². The number of aliphatic hydroxyl groups excluding tert-OH is 1. The van der Waals surface area contributed by atoms with E-state index in [2.05, 4.69) is 60.0 Å². The van der Waals surface area contributed by atoms with Gasteiger partial charge in [-0.2, -0.15) is 0 Å². The van der Waals surface area contributed by atoms with Crippen LogP contribution in [0.15, 0.2) is 60.7 Å². The number of para-hydroxylation sites is 1. The Morgan fingerprint density at radius 3 is 2.53 bits per heavy atom. The fraction of sp³-hybridized carbons (Fsp3) is 0.357. The van der Waals surface area contributed by atoms with Crippen molar-refractivity contribution in [2.24, 2.45) is 0 Å². The molecule has 1 N–H and O–H groups in total. The summed E-state index contributed by atoms with van der Waals surface area (Å²) in [6.07, 6.45) is 3.16. The van der Waals surface area contributed by atoms with Crippen molar-refractivity contribution in [2.75, 3.05) is 14.2 Å². The Labute approximate surface area is 189 Å². The molecule has 0 aliphatic heterocycles. The topological polar surface area (TPSA) is 43.6 Å². The van der Waals surface area contributed by atoms with Crippen molar-refractivity contribution < 1.29 is 14.6 Å². The second kappa shape index (κ2) is 8.18. The molecule has 1 fully saturated rings. The van der Waals surface area contributed by atoms with Gasteiger partial charge in [0.1, 0.15) is 11.5 Å². The lowest BCUT2D eigenvalue weighted by Crippen LogP contribution is -2.36. The predicted molar refractivity (Wildman–Crippen MR) is 130 cm³/mol. The predicted octanol–water partition coefficient (Wildman–Crippen LogP) is 6.05. The van der Waals surface area contributed by atoms with Gasteiger partial charge in [0.25, 0.3) is 0 Å². The quantitative estimate of drug-likeness (QED) is 0.420. The summed E-state index contributed by atoms with van der Waals surface area (Å²) in [6.45, 7) is 3.11. The summed E-state index contributed by atoms with van der Waals surface area (Å²) in [5.41, 5.74) is 4.57. The molecular formula is C28H31NO3. The number of ether oxygens (including phenoxy) is 2. The Kier molecular flexibility index (Phi) is 5.34. The molecule has 4 heteroatoms. The maximum atomic E-state index is 10.8. The minimum atomic E-state index is -0.330. The molecule has 0 radical (unpaired) electrons. The minimum absolute atomic E-state index is 0.307. The summed E-state index contributed by atoms with van der Waals surface area (Å²) < 4.78 is 13.7. The fourth-order valence-corrected chi connectivity index (χ4v) is 5.79. The molecule has 0 saturated heterocycles. The highest BCUT2D eigenvalue weighted by molar-refractivity contribution is 6.08. The number of aryl methyl sites for hydroxylation is 1. The van der Waals surface area contributed by atoms with Crippen LogP contribution in [0.3, 0.4) is 0 Å². The van der Waals surface area contributed by atoms with Crippen LogP contribution in [0.4, 0.5) is 0 Å². The third-order valence-electron chi connectivity index (χ3n) is 7.29. The molecule has 0 bridgehead atoms. The summed E-state index contributed by atoms with van der Waals surface area (Å²) in [5.74, 6) is 1.59. The highest BCUT2D eigenvalue weighted by Crippen LogP contribution is 2.49. The third kappa shape index (κ3) is 3.17. The number of hydrogen-bond acceptors (Lipinski definition) is 3. The molecule has 1 aliphatic rings. The van der Waals surface area contributed by atoms with Gasteiger partial charge in [0, 0.05) is 45.4 Å². The number of fused-ring (bicyclic) bond motifs is 3. The van der Waals surface area contributed by atoms with Crippen LogP contribution in [-0.2, 0) is 12.0 Å². The van der Waals surface area contributed by atoms with Crippen LogP contribution in [0.5, 0.6) is 11.5 Å². The van der Waals surface area contributed by atoms with Gasteiger partial charge < -0.3 is 19.1 Å². The summed E-state index contributed by atoms with van der Waals surface area (Å²) >= 11 is 0. The van der Waals surface area contributed by atoms with E-state index in [1.54, 1.807) is 14.2 Å². The first-order valence-electron chi connectivity index (χ1n) is 11.5. The molecule has 4 aromatic rings. The Hall–Kier alpha value is -2.98. The first-order valence-corrected chi connectivity index (χ1v) is 11.5. The number of aromatic nitrogens is 1. The molecule has 1 heterocycles. The third-order valence-corrected chi connectivity index (χ3v) is 7.29. The Balaban J connectivity index is 1.77. The zero-order chi connectivity index (χ0) is 22.3. The highest BCUT2D eigenvalue weighted by Gasteiger charge is 2.41. The maximum absolute atomic E-state index is 10.8. The summed E-state index contributed by atoms with van der Waals surface area (Å²) in [4.78, 5) is 0. The first kappa shape index (κ1) is 20.9. The van der Waals surface area contributed by atoms with E-state index >= 15 is 0 Å². The molecule has 0 spiro atoms. The van der Waals surface area contributed by atoms with Crippen LogP contribution in [0.25, 0.3) is 21.8 Å². The Morgan fingerprint density at radius 1 is 0.969 bits per heavy atom.